The number of carbonyl (C=O) groups is 1. The number of nitrogens with one attached hydrogen (secondary N) is 1. The Kier molecular flexibility index (Phi) is 4.68. The lowest BCUT2D eigenvalue weighted by molar-refractivity contribution is -0.122. The fourth-order valence-electron chi connectivity index (χ4n) is 3.08. The maximum atomic E-state index is 11.8. The highest BCUT2D eigenvalue weighted by Gasteiger charge is 2.29. The third kappa shape index (κ3) is 3.28. The Bertz CT molecular complexity index is 651. The molecule has 116 valence electrons. The van der Waals surface area contributed by atoms with Crippen molar-refractivity contribution in [2.75, 3.05) is 13.2 Å². The van der Waals surface area contributed by atoms with Gasteiger partial charge < -0.3 is 10.1 Å². The van der Waals surface area contributed by atoms with Crippen LogP contribution < -0.4 is 5.32 Å². The third-order valence-corrected chi connectivity index (χ3v) is 4.24. The van der Waals surface area contributed by atoms with E-state index < -0.39 is 0 Å². The van der Waals surface area contributed by atoms with E-state index in [4.69, 9.17) is 4.74 Å². The van der Waals surface area contributed by atoms with Crippen LogP contribution in [0.2, 0.25) is 0 Å². The molecule has 4 heteroatoms. The molecule has 0 radical (unpaired) electrons. The molecule has 1 N–H and O–H groups in total. The fraction of sp³-hybridized carbons (Fsp3) is 0.444. The Morgan fingerprint density at radius 2 is 2.18 bits per heavy atom. The van der Waals surface area contributed by atoms with Crippen molar-refractivity contribution in [3.63, 3.8) is 0 Å². The zero-order chi connectivity index (χ0) is 15.4. The molecule has 0 aliphatic carbocycles. The number of benzene rings is 1. The zero-order valence-electron chi connectivity index (χ0n) is 12.9. The summed E-state index contributed by atoms with van der Waals surface area (Å²) in [5, 5.41) is 4.31. The fourth-order valence-corrected chi connectivity index (χ4v) is 3.08. The maximum absolute atomic E-state index is 11.8. The molecule has 0 unspecified atom stereocenters. The summed E-state index contributed by atoms with van der Waals surface area (Å²) in [6.07, 6.45) is 4.22. The third-order valence-electron chi connectivity index (χ3n) is 4.24. The van der Waals surface area contributed by atoms with Crippen LogP contribution in [0.25, 0.3) is 10.9 Å². The first-order valence-corrected chi connectivity index (χ1v) is 7.97. The first-order valence-electron chi connectivity index (χ1n) is 7.97. The number of nitrogens with zero attached hydrogens (tertiary/aromatic N) is 1. The van der Waals surface area contributed by atoms with E-state index in [9.17, 15) is 4.79 Å². The van der Waals surface area contributed by atoms with E-state index in [0.29, 0.717) is 25.6 Å². The SMILES string of the molecule is CCCC(=O)N[C@H]1COC[C@H]1Cc1ccnc2ccccc12. The van der Waals surface area contributed by atoms with Gasteiger partial charge in [0.2, 0.25) is 5.91 Å². The Morgan fingerprint density at radius 1 is 1.32 bits per heavy atom. The number of hydrogen-bond donors (Lipinski definition) is 1. The minimum absolute atomic E-state index is 0.117. The quantitative estimate of drug-likeness (QED) is 0.923. The van der Waals surface area contributed by atoms with E-state index in [1.807, 2.05) is 31.3 Å². The van der Waals surface area contributed by atoms with E-state index in [-0.39, 0.29) is 11.9 Å². The molecule has 1 saturated heterocycles. The van der Waals surface area contributed by atoms with Gasteiger partial charge in [0, 0.05) is 23.9 Å². The molecule has 1 fully saturated rings. The van der Waals surface area contributed by atoms with Gasteiger partial charge in [-0.25, -0.2) is 0 Å². The van der Waals surface area contributed by atoms with Crippen LogP contribution in [0.3, 0.4) is 0 Å². The van der Waals surface area contributed by atoms with Crippen molar-refractivity contribution in [1.82, 2.24) is 10.3 Å². The second kappa shape index (κ2) is 6.88. The van der Waals surface area contributed by atoms with Crippen LogP contribution in [-0.4, -0.2) is 30.1 Å². The minimum atomic E-state index is 0.117. The van der Waals surface area contributed by atoms with E-state index >= 15 is 0 Å². The Balaban J connectivity index is 1.74. The van der Waals surface area contributed by atoms with Crippen molar-refractivity contribution < 1.29 is 9.53 Å². The smallest absolute Gasteiger partial charge is 0.220 e. The van der Waals surface area contributed by atoms with E-state index in [2.05, 4.69) is 22.4 Å². The normalized spacial score (nSPS) is 21.1. The van der Waals surface area contributed by atoms with Gasteiger partial charge in [-0.15, -0.1) is 0 Å². The summed E-state index contributed by atoms with van der Waals surface area (Å²) in [5.74, 6) is 0.453. The molecule has 4 nitrogen and oxygen atoms in total. The van der Waals surface area contributed by atoms with Gasteiger partial charge in [0.25, 0.3) is 0 Å². The molecular formula is C18H22N2O2. The van der Waals surface area contributed by atoms with Crippen molar-refractivity contribution in [2.45, 2.75) is 32.2 Å². The van der Waals surface area contributed by atoms with Crippen molar-refractivity contribution in [2.24, 2.45) is 5.92 Å². The number of rotatable bonds is 5. The van der Waals surface area contributed by atoms with Gasteiger partial charge in [-0.1, -0.05) is 25.1 Å². The molecule has 2 aromatic rings. The summed E-state index contributed by atoms with van der Waals surface area (Å²) in [5.41, 5.74) is 2.29. The average molecular weight is 298 g/mol. The Labute approximate surface area is 130 Å². The van der Waals surface area contributed by atoms with Gasteiger partial charge in [-0.3, -0.25) is 9.78 Å². The molecule has 1 aliphatic heterocycles. The van der Waals surface area contributed by atoms with E-state index in [1.54, 1.807) is 0 Å². The van der Waals surface area contributed by atoms with Crippen LogP contribution in [0.15, 0.2) is 36.5 Å². The molecule has 0 spiro atoms. The van der Waals surface area contributed by atoms with Crippen LogP contribution in [0, 0.1) is 5.92 Å². The summed E-state index contributed by atoms with van der Waals surface area (Å²) in [7, 11) is 0. The van der Waals surface area contributed by atoms with Crippen molar-refractivity contribution in [3.8, 4) is 0 Å². The summed E-state index contributed by atoms with van der Waals surface area (Å²) in [6, 6.07) is 10.4. The molecule has 1 amide bonds. The predicted octanol–water partition coefficient (Wildman–Crippen LogP) is 2.71. The molecule has 1 aromatic carbocycles. The Hall–Kier alpha value is -1.94. The average Bonchev–Trinajstić information content (AvgIpc) is 2.95. The van der Waals surface area contributed by atoms with Crippen LogP contribution in [-0.2, 0) is 16.0 Å². The van der Waals surface area contributed by atoms with Gasteiger partial charge in [0.1, 0.15) is 0 Å². The molecule has 22 heavy (non-hydrogen) atoms. The van der Waals surface area contributed by atoms with Gasteiger partial charge in [0.05, 0.1) is 24.8 Å². The van der Waals surface area contributed by atoms with Crippen LogP contribution in [0.4, 0.5) is 0 Å². The second-order valence-electron chi connectivity index (χ2n) is 5.91. The van der Waals surface area contributed by atoms with Crippen molar-refractivity contribution >= 4 is 16.8 Å². The van der Waals surface area contributed by atoms with Crippen molar-refractivity contribution in [3.05, 3.63) is 42.1 Å². The molecule has 1 aliphatic rings. The minimum Gasteiger partial charge on any atom is -0.379 e. The highest BCUT2D eigenvalue weighted by molar-refractivity contribution is 5.81. The van der Waals surface area contributed by atoms with Crippen LogP contribution in [0.5, 0.6) is 0 Å². The molecule has 2 atom stereocenters. The highest BCUT2D eigenvalue weighted by atomic mass is 16.5. The van der Waals surface area contributed by atoms with E-state index in [1.165, 1.54) is 10.9 Å². The predicted molar refractivity (Wildman–Crippen MR) is 86.6 cm³/mol. The zero-order valence-corrected chi connectivity index (χ0v) is 12.9. The number of pyridine rings is 1. The summed E-state index contributed by atoms with van der Waals surface area (Å²) < 4.78 is 5.60. The lowest BCUT2D eigenvalue weighted by atomic mass is 9.93. The summed E-state index contributed by atoms with van der Waals surface area (Å²) >= 11 is 0. The number of aromatic nitrogens is 1. The number of amides is 1. The monoisotopic (exact) mass is 298 g/mol. The molecule has 0 bridgehead atoms. The highest BCUT2D eigenvalue weighted by Crippen LogP contribution is 2.24. The number of hydrogen-bond acceptors (Lipinski definition) is 3. The number of fused-ring (bicyclic) bond motifs is 1. The van der Waals surface area contributed by atoms with Crippen molar-refractivity contribution in [1.29, 1.82) is 0 Å². The maximum Gasteiger partial charge on any atom is 0.220 e. The van der Waals surface area contributed by atoms with Gasteiger partial charge in [-0.05, 0) is 30.5 Å². The molecule has 2 heterocycles. The number of para-hydroxylation sites is 1. The molecular weight excluding hydrogens is 276 g/mol. The molecule has 3 rings (SSSR count). The topological polar surface area (TPSA) is 51.2 Å². The molecule has 1 aromatic heterocycles. The molecule has 0 saturated carbocycles. The second-order valence-corrected chi connectivity index (χ2v) is 5.91. The van der Waals surface area contributed by atoms with E-state index in [0.717, 1.165) is 18.4 Å². The summed E-state index contributed by atoms with van der Waals surface area (Å²) in [4.78, 5) is 16.2. The lowest BCUT2D eigenvalue weighted by Crippen LogP contribution is -2.40. The first kappa shape index (κ1) is 15.0. The lowest BCUT2D eigenvalue weighted by Gasteiger charge is -2.19. The number of ether oxygens (including phenoxy) is 1. The van der Waals surface area contributed by atoms with Gasteiger partial charge >= 0.3 is 0 Å². The first-order chi connectivity index (χ1) is 10.8. The van der Waals surface area contributed by atoms with Crippen LogP contribution >= 0.6 is 0 Å². The largest absolute Gasteiger partial charge is 0.379 e. The van der Waals surface area contributed by atoms with Gasteiger partial charge in [-0.2, -0.15) is 0 Å². The Morgan fingerprint density at radius 3 is 3.05 bits per heavy atom. The number of carbonyl (C=O) groups excluding carboxylic acids is 1. The standard InChI is InChI=1S/C18H22N2O2/c1-2-5-18(21)20-17-12-22-11-14(17)10-13-8-9-19-16-7-4-3-6-15(13)16/h3-4,6-9,14,17H,2,5,10-12H2,1H3,(H,20,21)/t14-,17+/m1/s1. The van der Waals surface area contributed by atoms with Gasteiger partial charge in [0.15, 0.2) is 0 Å². The summed E-state index contributed by atoms with van der Waals surface area (Å²) in [6.45, 7) is 3.34. The van der Waals surface area contributed by atoms with Crippen LogP contribution in [0.1, 0.15) is 25.3 Å².